The molecular weight excluding hydrogens is 340 g/mol. The standard InChI is InChI=1S/C16H11ClO3S2/c17-15-10-11-16(21-15)22(18,19)20-14-9-5-4-8-13(14)12-6-2-1-3-7-12/h1-11H. The minimum Gasteiger partial charge on any atom is -0.378 e. The van der Waals surface area contributed by atoms with Gasteiger partial charge in [0.1, 0.15) is 0 Å². The van der Waals surface area contributed by atoms with Crippen LogP contribution in [0.2, 0.25) is 4.34 Å². The van der Waals surface area contributed by atoms with Crippen LogP contribution in [0.25, 0.3) is 11.1 Å². The van der Waals surface area contributed by atoms with Crippen molar-refractivity contribution in [1.82, 2.24) is 0 Å². The number of hydrogen-bond acceptors (Lipinski definition) is 4. The minimum absolute atomic E-state index is 0.0837. The topological polar surface area (TPSA) is 43.4 Å². The SMILES string of the molecule is O=S(=O)(Oc1ccccc1-c1ccccc1)c1ccc(Cl)s1. The fraction of sp³-hybridized carbons (Fsp3) is 0. The summed E-state index contributed by atoms with van der Waals surface area (Å²) in [6.45, 7) is 0. The number of benzene rings is 2. The summed E-state index contributed by atoms with van der Waals surface area (Å²) in [6, 6.07) is 19.5. The van der Waals surface area contributed by atoms with Crippen molar-refractivity contribution >= 4 is 33.1 Å². The highest BCUT2D eigenvalue weighted by molar-refractivity contribution is 7.89. The molecule has 0 aliphatic rings. The second-order valence-electron chi connectivity index (χ2n) is 4.46. The Kier molecular flexibility index (Phi) is 4.20. The molecule has 0 fully saturated rings. The highest BCUT2D eigenvalue weighted by Gasteiger charge is 2.20. The lowest BCUT2D eigenvalue weighted by molar-refractivity contribution is 0.489. The molecule has 1 aromatic heterocycles. The van der Waals surface area contributed by atoms with Gasteiger partial charge in [0.2, 0.25) is 0 Å². The summed E-state index contributed by atoms with van der Waals surface area (Å²) in [5.41, 5.74) is 1.60. The molecule has 0 bridgehead atoms. The van der Waals surface area contributed by atoms with E-state index in [1.165, 1.54) is 12.1 Å². The third-order valence-electron chi connectivity index (χ3n) is 2.97. The third-order valence-corrected chi connectivity index (χ3v) is 5.88. The second kappa shape index (κ2) is 6.12. The van der Waals surface area contributed by atoms with E-state index in [0.29, 0.717) is 15.6 Å². The molecule has 0 N–H and O–H groups in total. The molecule has 0 aliphatic heterocycles. The third kappa shape index (κ3) is 3.16. The molecule has 3 rings (SSSR count). The normalized spacial score (nSPS) is 11.3. The fourth-order valence-electron chi connectivity index (χ4n) is 1.99. The van der Waals surface area contributed by atoms with E-state index in [-0.39, 0.29) is 4.21 Å². The molecule has 0 unspecified atom stereocenters. The molecular formula is C16H11ClO3S2. The van der Waals surface area contributed by atoms with Gasteiger partial charge in [0.15, 0.2) is 9.96 Å². The van der Waals surface area contributed by atoms with E-state index in [4.69, 9.17) is 15.8 Å². The number of thiophene rings is 1. The van der Waals surface area contributed by atoms with Gasteiger partial charge >= 0.3 is 10.1 Å². The van der Waals surface area contributed by atoms with Crippen LogP contribution in [-0.4, -0.2) is 8.42 Å². The van der Waals surface area contributed by atoms with E-state index in [9.17, 15) is 8.42 Å². The van der Waals surface area contributed by atoms with Crippen LogP contribution in [0.15, 0.2) is 70.9 Å². The Morgan fingerprint density at radius 3 is 2.23 bits per heavy atom. The van der Waals surface area contributed by atoms with Crippen LogP contribution in [-0.2, 0) is 10.1 Å². The first kappa shape index (κ1) is 15.1. The first-order valence-electron chi connectivity index (χ1n) is 6.40. The number of para-hydroxylation sites is 1. The lowest BCUT2D eigenvalue weighted by Crippen LogP contribution is -2.08. The maximum absolute atomic E-state index is 12.3. The predicted molar refractivity (Wildman–Crippen MR) is 89.0 cm³/mol. The largest absolute Gasteiger partial charge is 0.378 e. The molecule has 3 aromatic rings. The fourth-order valence-corrected chi connectivity index (χ4v) is 4.38. The second-order valence-corrected chi connectivity index (χ2v) is 7.95. The molecule has 0 amide bonds. The number of halogens is 1. The summed E-state index contributed by atoms with van der Waals surface area (Å²) in [6.07, 6.45) is 0. The molecule has 0 radical (unpaired) electrons. The maximum atomic E-state index is 12.3. The van der Waals surface area contributed by atoms with E-state index in [0.717, 1.165) is 16.9 Å². The van der Waals surface area contributed by atoms with Crippen LogP contribution in [0, 0.1) is 0 Å². The van der Waals surface area contributed by atoms with Gasteiger partial charge in [0.05, 0.1) is 4.34 Å². The number of hydrogen-bond donors (Lipinski definition) is 0. The van der Waals surface area contributed by atoms with Crippen molar-refractivity contribution in [2.45, 2.75) is 4.21 Å². The van der Waals surface area contributed by atoms with Crippen molar-refractivity contribution in [3.63, 3.8) is 0 Å². The summed E-state index contributed by atoms with van der Waals surface area (Å²) < 4.78 is 30.5. The Balaban J connectivity index is 2.00. The molecule has 22 heavy (non-hydrogen) atoms. The van der Waals surface area contributed by atoms with E-state index in [2.05, 4.69) is 0 Å². The predicted octanol–water partition coefficient (Wildman–Crippen LogP) is 4.84. The summed E-state index contributed by atoms with van der Waals surface area (Å²) in [5, 5.41) is 0. The number of rotatable bonds is 4. The van der Waals surface area contributed by atoms with Crippen molar-refractivity contribution < 1.29 is 12.6 Å². The van der Waals surface area contributed by atoms with Crippen LogP contribution in [0.4, 0.5) is 0 Å². The highest BCUT2D eigenvalue weighted by atomic mass is 35.5. The monoisotopic (exact) mass is 350 g/mol. The Bertz CT molecular complexity index is 887. The van der Waals surface area contributed by atoms with E-state index in [1.54, 1.807) is 12.1 Å². The van der Waals surface area contributed by atoms with Crippen molar-refractivity contribution in [2.75, 3.05) is 0 Å². The molecule has 0 atom stereocenters. The zero-order chi connectivity index (χ0) is 15.6. The molecule has 1 heterocycles. The van der Waals surface area contributed by atoms with Gasteiger partial charge in [-0.25, -0.2) is 0 Å². The quantitative estimate of drug-likeness (QED) is 0.632. The van der Waals surface area contributed by atoms with Gasteiger partial charge in [0, 0.05) is 5.56 Å². The average molecular weight is 351 g/mol. The summed E-state index contributed by atoms with van der Waals surface area (Å²) in [5.74, 6) is 0.290. The maximum Gasteiger partial charge on any atom is 0.348 e. The van der Waals surface area contributed by atoms with E-state index in [1.807, 2.05) is 42.5 Å². The molecule has 0 aliphatic carbocycles. The van der Waals surface area contributed by atoms with Gasteiger partial charge in [-0.3, -0.25) is 0 Å². The molecule has 0 saturated heterocycles. The summed E-state index contributed by atoms with van der Waals surface area (Å²) >= 11 is 6.76. The van der Waals surface area contributed by atoms with Crippen molar-refractivity contribution in [1.29, 1.82) is 0 Å². The van der Waals surface area contributed by atoms with Gasteiger partial charge in [-0.05, 0) is 23.8 Å². The molecule has 2 aromatic carbocycles. The van der Waals surface area contributed by atoms with Gasteiger partial charge in [-0.2, -0.15) is 8.42 Å². The van der Waals surface area contributed by atoms with Crippen LogP contribution < -0.4 is 4.18 Å². The zero-order valence-corrected chi connectivity index (χ0v) is 13.7. The molecule has 3 nitrogen and oxygen atoms in total. The molecule has 0 saturated carbocycles. The zero-order valence-electron chi connectivity index (χ0n) is 11.3. The van der Waals surface area contributed by atoms with Crippen LogP contribution in [0.3, 0.4) is 0 Å². The Labute approximate surface area is 137 Å². The smallest absolute Gasteiger partial charge is 0.348 e. The first-order chi connectivity index (χ1) is 10.6. The van der Waals surface area contributed by atoms with Crippen molar-refractivity contribution in [3.05, 3.63) is 71.1 Å². The van der Waals surface area contributed by atoms with E-state index < -0.39 is 10.1 Å². The summed E-state index contributed by atoms with van der Waals surface area (Å²) in [7, 11) is -3.89. The van der Waals surface area contributed by atoms with Crippen LogP contribution >= 0.6 is 22.9 Å². The van der Waals surface area contributed by atoms with Gasteiger partial charge in [-0.15, -0.1) is 11.3 Å². The van der Waals surface area contributed by atoms with Crippen LogP contribution in [0.5, 0.6) is 5.75 Å². The molecule has 6 heteroatoms. The summed E-state index contributed by atoms with van der Waals surface area (Å²) in [4.78, 5) is 0. The van der Waals surface area contributed by atoms with E-state index >= 15 is 0 Å². The molecule has 0 spiro atoms. The lowest BCUT2D eigenvalue weighted by atomic mass is 10.1. The van der Waals surface area contributed by atoms with Crippen molar-refractivity contribution in [3.8, 4) is 16.9 Å². The lowest BCUT2D eigenvalue weighted by Gasteiger charge is -2.10. The Hall–Kier alpha value is -1.82. The highest BCUT2D eigenvalue weighted by Crippen LogP contribution is 2.33. The Morgan fingerprint density at radius 2 is 1.55 bits per heavy atom. The van der Waals surface area contributed by atoms with Crippen LogP contribution in [0.1, 0.15) is 0 Å². The van der Waals surface area contributed by atoms with Gasteiger partial charge in [0.25, 0.3) is 0 Å². The van der Waals surface area contributed by atoms with Gasteiger partial charge < -0.3 is 4.18 Å². The minimum atomic E-state index is -3.89. The van der Waals surface area contributed by atoms with Crippen molar-refractivity contribution in [2.24, 2.45) is 0 Å². The first-order valence-corrected chi connectivity index (χ1v) is 9.01. The Morgan fingerprint density at radius 1 is 0.864 bits per heavy atom. The molecule has 112 valence electrons. The van der Waals surface area contributed by atoms with Gasteiger partial charge in [-0.1, -0.05) is 60.1 Å². The average Bonchev–Trinajstić information content (AvgIpc) is 2.96.